The van der Waals surface area contributed by atoms with Gasteiger partial charge in [0, 0.05) is 18.1 Å². The molecule has 0 unspecified atom stereocenters. The van der Waals surface area contributed by atoms with Gasteiger partial charge in [-0.2, -0.15) is 0 Å². The summed E-state index contributed by atoms with van der Waals surface area (Å²) in [4.78, 5) is 14.3. The number of carbonyl (C=O) groups is 1. The number of ether oxygens (including phenoxy) is 1. The van der Waals surface area contributed by atoms with Crippen molar-refractivity contribution < 1.29 is 9.53 Å². The van der Waals surface area contributed by atoms with Gasteiger partial charge in [-0.15, -0.1) is 0 Å². The van der Waals surface area contributed by atoms with E-state index < -0.39 is 6.10 Å². The molecule has 1 amide bonds. The Morgan fingerprint density at radius 1 is 1.62 bits per heavy atom. The number of carbonyl (C=O) groups excluding carboxylic acids is 1. The molecule has 4 nitrogen and oxygen atoms in total. The smallest absolute Gasteiger partial charge is 0.263 e. The third-order valence-electron chi connectivity index (χ3n) is 3.64. The zero-order valence-electron chi connectivity index (χ0n) is 12.2. The van der Waals surface area contributed by atoms with Crippen LogP contribution in [0, 0.1) is 5.92 Å². The maximum absolute atomic E-state index is 12.4. The maximum atomic E-state index is 12.4. The van der Waals surface area contributed by atoms with Gasteiger partial charge in [-0.05, 0) is 67.0 Å². The van der Waals surface area contributed by atoms with Gasteiger partial charge < -0.3 is 15.0 Å². The summed E-state index contributed by atoms with van der Waals surface area (Å²) >= 11 is 9.29. The molecule has 0 radical (unpaired) electrons. The Kier molecular flexibility index (Phi) is 5.90. The SMILES string of the molecule is CNC[C@@H]1CCN(C(=O)[C@H](C)Oc2ccc(Cl)cc2Br)C1. The number of hydrogen-bond acceptors (Lipinski definition) is 3. The largest absolute Gasteiger partial charge is 0.480 e. The second-order valence-corrected chi connectivity index (χ2v) is 6.62. The molecular weight excluding hydrogens is 356 g/mol. The first-order chi connectivity index (χ1) is 10.0. The summed E-state index contributed by atoms with van der Waals surface area (Å²) in [6.07, 6.45) is 0.542. The molecule has 0 bridgehead atoms. The lowest BCUT2D eigenvalue weighted by Crippen LogP contribution is -2.39. The Bertz CT molecular complexity index is 512. The van der Waals surface area contributed by atoms with E-state index in [0.29, 0.717) is 16.7 Å². The molecule has 6 heteroatoms. The molecule has 2 atom stereocenters. The molecule has 1 saturated heterocycles. The number of halogens is 2. The Labute approximate surface area is 138 Å². The topological polar surface area (TPSA) is 41.6 Å². The van der Waals surface area contributed by atoms with E-state index in [1.165, 1.54) is 0 Å². The predicted octanol–water partition coefficient (Wildman–Crippen LogP) is 2.94. The standard InChI is InChI=1S/C15H20BrClN2O2/c1-10(21-14-4-3-12(17)7-13(14)16)15(20)19-6-5-11(9-19)8-18-2/h3-4,7,10-11,18H,5-6,8-9H2,1-2H3/t10-,11-/m0/s1. The number of amides is 1. The van der Waals surface area contributed by atoms with Gasteiger partial charge >= 0.3 is 0 Å². The van der Waals surface area contributed by atoms with Crippen LogP contribution in [0.25, 0.3) is 0 Å². The van der Waals surface area contributed by atoms with Gasteiger partial charge in [0.1, 0.15) is 5.75 Å². The molecule has 21 heavy (non-hydrogen) atoms. The first-order valence-electron chi connectivity index (χ1n) is 7.06. The van der Waals surface area contributed by atoms with Gasteiger partial charge in [0.05, 0.1) is 4.47 Å². The summed E-state index contributed by atoms with van der Waals surface area (Å²) in [6, 6.07) is 5.27. The molecule has 116 valence electrons. The van der Waals surface area contributed by atoms with E-state index in [1.54, 1.807) is 25.1 Å². The van der Waals surface area contributed by atoms with Gasteiger partial charge in [0.15, 0.2) is 6.10 Å². The molecule has 0 aromatic heterocycles. The number of nitrogens with zero attached hydrogens (tertiary/aromatic N) is 1. The normalized spacial score (nSPS) is 19.6. The van der Waals surface area contributed by atoms with Crippen LogP contribution in [-0.2, 0) is 4.79 Å². The summed E-state index contributed by atoms with van der Waals surface area (Å²) in [5.74, 6) is 1.20. The third kappa shape index (κ3) is 4.34. The van der Waals surface area contributed by atoms with Crippen molar-refractivity contribution in [3.63, 3.8) is 0 Å². The van der Waals surface area contributed by atoms with Crippen molar-refractivity contribution >= 4 is 33.4 Å². The minimum absolute atomic E-state index is 0.0375. The molecule has 1 heterocycles. The molecule has 2 rings (SSSR count). The van der Waals surface area contributed by atoms with Gasteiger partial charge in [-0.25, -0.2) is 0 Å². The van der Waals surface area contributed by atoms with Crippen LogP contribution in [-0.4, -0.2) is 43.6 Å². The van der Waals surface area contributed by atoms with Gasteiger partial charge in [0.25, 0.3) is 5.91 Å². The summed E-state index contributed by atoms with van der Waals surface area (Å²) in [5.41, 5.74) is 0. The first kappa shape index (κ1) is 16.6. The second-order valence-electron chi connectivity index (χ2n) is 5.33. The highest BCUT2D eigenvalue weighted by molar-refractivity contribution is 9.10. The number of benzene rings is 1. The third-order valence-corrected chi connectivity index (χ3v) is 4.49. The van der Waals surface area contributed by atoms with Crippen LogP contribution in [0.5, 0.6) is 5.75 Å². The zero-order chi connectivity index (χ0) is 15.4. The summed E-state index contributed by atoms with van der Waals surface area (Å²) < 4.78 is 6.51. The second kappa shape index (κ2) is 7.47. The summed E-state index contributed by atoms with van der Waals surface area (Å²) in [6.45, 7) is 4.34. The van der Waals surface area contributed by atoms with Gasteiger partial charge in [0.2, 0.25) is 0 Å². The van der Waals surface area contributed by atoms with Crippen molar-refractivity contribution in [3.05, 3.63) is 27.7 Å². The average molecular weight is 376 g/mol. The van der Waals surface area contributed by atoms with E-state index in [1.807, 2.05) is 11.9 Å². The molecule has 1 aromatic rings. The van der Waals surface area contributed by atoms with E-state index in [0.717, 1.165) is 30.5 Å². The number of hydrogen-bond donors (Lipinski definition) is 1. The monoisotopic (exact) mass is 374 g/mol. The quantitative estimate of drug-likeness (QED) is 0.860. The van der Waals surface area contributed by atoms with Crippen molar-refractivity contribution in [2.24, 2.45) is 5.92 Å². The van der Waals surface area contributed by atoms with Crippen LogP contribution in [0.15, 0.2) is 22.7 Å². The van der Waals surface area contributed by atoms with E-state index in [-0.39, 0.29) is 5.91 Å². The maximum Gasteiger partial charge on any atom is 0.263 e. The van der Waals surface area contributed by atoms with Crippen LogP contribution < -0.4 is 10.1 Å². The number of nitrogens with one attached hydrogen (secondary N) is 1. The van der Waals surface area contributed by atoms with Crippen molar-refractivity contribution in [2.75, 3.05) is 26.7 Å². The van der Waals surface area contributed by atoms with Crippen LogP contribution in [0.2, 0.25) is 5.02 Å². The first-order valence-corrected chi connectivity index (χ1v) is 8.23. The lowest BCUT2D eigenvalue weighted by atomic mass is 10.1. The molecule has 1 aromatic carbocycles. The summed E-state index contributed by atoms with van der Waals surface area (Å²) in [5, 5.41) is 3.79. The van der Waals surface area contributed by atoms with E-state index in [9.17, 15) is 4.79 Å². The highest BCUT2D eigenvalue weighted by atomic mass is 79.9. The van der Waals surface area contributed by atoms with Crippen molar-refractivity contribution in [3.8, 4) is 5.75 Å². The highest BCUT2D eigenvalue weighted by Gasteiger charge is 2.29. The van der Waals surface area contributed by atoms with Crippen LogP contribution in [0.4, 0.5) is 0 Å². The molecule has 1 N–H and O–H groups in total. The Morgan fingerprint density at radius 2 is 2.38 bits per heavy atom. The van der Waals surface area contributed by atoms with E-state index in [4.69, 9.17) is 16.3 Å². The molecule has 1 aliphatic rings. The summed E-state index contributed by atoms with van der Waals surface area (Å²) in [7, 11) is 1.94. The molecular formula is C15H20BrClN2O2. The fourth-order valence-electron chi connectivity index (χ4n) is 2.56. The minimum atomic E-state index is -0.504. The Hall–Kier alpha value is -0.780. The molecule has 1 fully saturated rings. The number of likely N-dealkylation sites (tertiary alicyclic amines) is 1. The minimum Gasteiger partial charge on any atom is -0.480 e. The lowest BCUT2D eigenvalue weighted by Gasteiger charge is -2.22. The molecule has 1 aliphatic heterocycles. The predicted molar refractivity (Wildman–Crippen MR) is 87.9 cm³/mol. The van der Waals surface area contributed by atoms with E-state index in [2.05, 4.69) is 21.2 Å². The lowest BCUT2D eigenvalue weighted by molar-refractivity contribution is -0.137. The highest BCUT2D eigenvalue weighted by Crippen LogP contribution is 2.29. The zero-order valence-corrected chi connectivity index (χ0v) is 14.6. The Morgan fingerprint density at radius 3 is 3.05 bits per heavy atom. The van der Waals surface area contributed by atoms with Crippen molar-refractivity contribution in [2.45, 2.75) is 19.4 Å². The molecule has 0 spiro atoms. The fraction of sp³-hybridized carbons (Fsp3) is 0.533. The molecule has 0 aliphatic carbocycles. The average Bonchev–Trinajstić information content (AvgIpc) is 2.90. The molecule has 0 saturated carbocycles. The van der Waals surface area contributed by atoms with Crippen LogP contribution in [0.3, 0.4) is 0 Å². The van der Waals surface area contributed by atoms with Crippen LogP contribution >= 0.6 is 27.5 Å². The van der Waals surface area contributed by atoms with Crippen molar-refractivity contribution in [1.29, 1.82) is 0 Å². The van der Waals surface area contributed by atoms with Crippen LogP contribution in [0.1, 0.15) is 13.3 Å². The Balaban J connectivity index is 1.94. The van der Waals surface area contributed by atoms with E-state index >= 15 is 0 Å². The number of rotatable bonds is 5. The van der Waals surface area contributed by atoms with Crippen molar-refractivity contribution in [1.82, 2.24) is 10.2 Å². The fourth-order valence-corrected chi connectivity index (χ4v) is 3.33. The van der Waals surface area contributed by atoms with Gasteiger partial charge in [-0.1, -0.05) is 11.6 Å². The van der Waals surface area contributed by atoms with Gasteiger partial charge in [-0.3, -0.25) is 4.79 Å².